The van der Waals surface area contributed by atoms with Crippen LogP contribution in [0.5, 0.6) is 0 Å². The second kappa shape index (κ2) is 5.60. The first-order chi connectivity index (χ1) is 6.33. The summed E-state index contributed by atoms with van der Waals surface area (Å²) >= 11 is 0. The van der Waals surface area contributed by atoms with Crippen molar-refractivity contribution in [3.8, 4) is 11.8 Å². The van der Waals surface area contributed by atoms with Gasteiger partial charge in [0.15, 0.2) is 0 Å². The van der Waals surface area contributed by atoms with E-state index in [2.05, 4.69) is 21.9 Å². The Morgan fingerprint density at radius 3 is 3.08 bits per heavy atom. The zero-order chi connectivity index (χ0) is 9.52. The molecule has 0 aromatic rings. The van der Waals surface area contributed by atoms with Crippen molar-refractivity contribution < 1.29 is 9.53 Å². The highest BCUT2D eigenvalue weighted by molar-refractivity contribution is 5.88. The maximum absolute atomic E-state index is 10.7. The van der Waals surface area contributed by atoms with Crippen LogP contribution in [-0.2, 0) is 9.53 Å². The molecule has 0 spiro atoms. The smallest absolute Gasteiger partial charge is 0.384 e. The fourth-order valence-corrected chi connectivity index (χ4v) is 1.35. The van der Waals surface area contributed by atoms with Gasteiger partial charge in [-0.2, -0.15) is 0 Å². The Bertz CT molecular complexity index is 219. The van der Waals surface area contributed by atoms with E-state index in [4.69, 9.17) is 0 Å². The highest BCUT2D eigenvalue weighted by Gasteiger charge is 2.07. The summed E-state index contributed by atoms with van der Waals surface area (Å²) in [5.74, 6) is 4.88. The monoisotopic (exact) mass is 181 g/mol. The molecule has 0 aromatic carbocycles. The first-order valence-corrected chi connectivity index (χ1v) is 4.66. The Balaban J connectivity index is 2.39. The number of methoxy groups -OCH3 is 1. The Kier molecular flexibility index (Phi) is 4.34. The van der Waals surface area contributed by atoms with Gasteiger partial charge in [-0.15, -0.1) is 0 Å². The van der Waals surface area contributed by atoms with Crippen LogP contribution >= 0.6 is 0 Å². The van der Waals surface area contributed by atoms with E-state index < -0.39 is 5.97 Å². The summed E-state index contributed by atoms with van der Waals surface area (Å²) in [6.07, 6.45) is 4.68. The van der Waals surface area contributed by atoms with Crippen molar-refractivity contribution in [2.45, 2.75) is 31.7 Å². The van der Waals surface area contributed by atoms with E-state index >= 15 is 0 Å². The van der Waals surface area contributed by atoms with E-state index in [-0.39, 0.29) is 6.04 Å². The average molecular weight is 181 g/mol. The zero-order valence-corrected chi connectivity index (χ0v) is 7.93. The molecule has 1 unspecified atom stereocenters. The molecule has 1 atom stereocenters. The third kappa shape index (κ3) is 3.95. The molecule has 0 bridgehead atoms. The van der Waals surface area contributed by atoms with Crippen LogP contribution in [0.1, 0.15) is 25.7 Å². The number of hydrogen-bond donors (Lipinski definition) is 1. The molecule has 0 saturated carbocycles. The minimum Gasteiger partial charge on any atom is -0.459 e. The van der Waals surface area contributed by atoms with Gasteiger partial charge in [-0.1, -0.05) is 18.8 Å². The third-order valence-electron chi connectivity index (χ3n) is 2.09. The molecular weight excluding hydrogens is 166 g/mol. The maximum atomic E-state index is 10.7. The maximum Gasteiger partial charge on any atom is 0.384 e. The lowest BCUT2D eigenvalue weighted by Gasteiger charge is -2.06. The molecule has 0 aliphatic carbocycles. The number of carbonyl (C=O) groups excluding carboxylic acids is 1. The molecule has 3 heteroatoms. The lowest BCUT2D eigenvalue weighted by molar-refractivity contribution is -0.133. The second-order valence-corrected chi connectivity index (χ2v) is 3.12. The first-order valence-electron chi connectivity index (χ1n) is 4.66. The van der Waals surface area contributed by atoms with E-state index in [1.807, 2.05) is 0 Å². The summed E-state index contributed by atoms with van der Waals surface area (Å²) in [5.41, 5.74) is 0. The van der Waals surface area contributed by atoms with Crippen LogP contribution in [0.15, 0.2) is 0 Å². The normalized spacial score (nSPS) is 22.4. The molecule has 3 nitrogen and oxygen atoms in total. The van der Waals surface area contributed by atoms with Crippen LogP contribution in [0.4, 0.5) is 0 Å². The van der Waals surface area contributed by atoms with E-state index in [1.165, 1.54) is 26.4 Å². The SMILES string of the molecule is COC(=O)C#CC1CCCCCN1. The highest BCUT2D eigenvalue weighted by atomic mass is 16.5. The fraction of sp³-hybridized carbons (Fsp3) is 0.700. The fourth-order valence-electron chi connectivity index (χ4n) is 1.35. The zero-order valence-electron chi connectivity index (χ0n) is 7.93. The highest BCUT2D eigenvalue weighted by Crippen LogP contribution is 2.07. The van der Waals surface area contributed by atoms with Gasteiger partial charge in [0.25, 0.3) is 0 Å². The Morgan fingerprint density at radius 2 is 2.31 bits per heavy atom. The average Bonchev–Trinajstić information content (AvgIpc) is 2.42. The standard InChI is InChI=1S/C10H15NO2/c1-13-10(12)7-6-9-5-3-2-4-8-11-9/h9,11H,2-5,8H2,1H3. The Morgan fingerprint density at radius 1 is 1.46 bits per heavy atom. The molecule has 1 saturated heterocycles. The molecule has 0 aromatic heterocycles. The summed E-state index contributed by atoms with van der Waals surface area (Å²) in [6, 6.07) is 0.168. The molecule has 1 fully saturated rings. The number of nitrogens with one attached hydrogen (secondary N) is 1. The van der Waals surface area contributed by atoms with Crippen molar-refractivity contribution in [3.63, 3.8) is 0 Å². The molecule has 13 heavy (non-hydrogen) atoms. The van der Waals surface area contributed by atoms with E-state index in [9.17, 15) is 4.79 Å². The Labute approximate surface area is 78.8 Å². The predicted molar refractivity (Wildman–Crippen MR) is 50.1 cm³/mol. The summed E-state index contributed by atoms with van der Waals surface area (Å²) in [5, 5.41) is 3.28. The van der Waals surface area contributed by atoms with E-state index in [1.54, 1.807) is 0 Å². The van der Waals surface area contributed by atoms with Crippen LogP contribution in [-0.4, -0.2) is 25.7 Å². The van der Waals surface area contributed by atoms with Crippen LogP contribution in [0, 0.1) is 11.8 Å². The van der Waals surface area contributed by atoms with Gasteiger partial charge in [0.2, 0.25) is 0 Å². The van der Waals surface area contributed by atoms with Crippen LogP contribution in [0.25, 0.3) is 0 Å². The summed E-state index contributed by atoms with van der Waals surface area (Å²) in [4.78, 5) is 10.7. The van der Waals surface area contributed by atoms with Crippen LogP contribution in [0.2, 0.25) is 0 Å². The first kappa shape index (κ1) is 10.1. The molecule has 0 amide bonds. The van der Waals surface area contributed by atoms with Gasteiger partial charge in [0.1, 0.15) is 0 Å². The van der Waals surface area contributed by atoms with E-state index in [0.717, 1.165) is 13.0 Å². The third-order valence-corrected chi connectivity index (χ3v) is 2.09. The number of hydrogen-bond acceptors (Lipinski definition) is 3. The van der Waals surface area contributed by atoms with Crippen molar-refractivity contribution in [3.05, 3.63) is 0 Å². The molecule has 1 aliphatic heterocycles. The lowest BCUT2D eigenvalue weighted by Crippen LogP contribution is -2.26. The van der Waals surface area contributed by atoms with Gasteiger partial charge in [0.05, 0.1) is 13.2 Å². The van der Waals surface area contributed by atoms with Crippen molar-refractivity contribution in [1.82, 2.24) is 5.32 Å². The molecule has 1 N–H and O–H groups in total. The van der Waals surface area contributed by atoms with Gasteiger partial charge >= 0.3 is 5.97 Å². The van der Waals surface area contributed by atoms with Crippen LogP contribution < -0.4 is 5.32 Å². The molecule has 72 valence electrons. The number of rotatable bonds is 0. The largest absolute Gasteiger partial charge is 0.459 e. The van der Waals surface area contributed by atoms with Gasteiger partial charge in [-0.3, -0.25) is 0 Å². The van der Waals surface area contributed by atoms with Crippen molar-refractivity contribution in [1.29, 1.82) is 0 Å². The van der Waals surface area contributed by atoms with Gasteiger partial charge < -0.3 is 10.1 Å². The minimum atomic E-state index is -0.453. The molecule has 1 rings (SSSR count). The number of carbonyl (C=O) groups is 1. The number of esters is 1. The van der Waals surface area contributed by atoms with Gasteiger partial charge in [0, 0.05) is 5.92 Å². The summed E-state index contributed by atoms with van der Waals surface area (Å²) in [7, 11) is 1.34. The van der Waals surface area contributed by atoms with E-state index in [0.29, 0.717) is 0 Å². The van der Waals surface area contributed by atoms with Gasteiger partial charge in [-0.25, -0.2) is 4.79 Å². The predicted octanol–water partition coefficient (Wildman–Crippen LogP) is 0.695. The topological polar surface area (TPSA) is 38.3 Å². The van der Waals surface area contributed by atoms with Crippen molar-refractivity contribution in [2.24, 2.45) is 0 Å². The van der Waals surface area contributed by atoms with Gasteiger partial charge in [-0.05, 0) is 19.4 Å². The molecule has 1 aliphatic rings. The molecular formula is C10H15NO2. The van der Waals surface area contributed by atoms with Crippen LogP contribution in [0.3, 0.4) is 0 Å². The van der Waals surface area contributed by atoms with Crippen molar-refractivity contribution in [2.75, 3.05) is 13.7 Å². The van der Waals surface area contributed by atoms with Crippen molar-refractivity contribution >= 4 is 5.97 Å². The quantitative estimate of drug-likeness (QED) is 0.339. The number of ether oxygens (including phenoxy) is 1. The molecule has 1 heterocycles. The lowest BCUT2D eigenvalue weighted by atomic mass is 10.1. The Hall–Kier alpha value is -1.01. The second-order valence-electron chi connectivity index (χ2n) is 3.12. The minimum absolute atomic E-state index is 0.168. The summed E-state index contributed by atoms with van der Waals surface area (Å²) < 4.78 is 4.43. The molecule has 0 radical (unpaired) electrons. The summed E-state index contributed by atoms with van der Waals surface area (Å²) in [6.45, 7) is 1.00.